The Morgan fingerprint density at radius 2 is 2.15 bits per heavy atom. The van der Waals surface area contributed by atoms with Crippen LogP contribution >= 0.6 is 0 Å². The summed E-state index contributed by atoms with van der Waals surface area (Å²) in [4.78, 5) is 14.5. The summed E-state index contributed by atoms with van der Waals surface area (Å²) in [6, 6.07) is 7.12. The Kier molecular flexibility index (Phi) is 1.81. The second-order valence-corrected chi connectivity index (χ2v) is 2.85. The second kappa shape index (κ2) is 2.98. The van der Waals surface area contributed by atoms with Crippen LogP contribution in [0.3, 0.4) is 0 Å². The van der Waals surface area contributed by atoms with Crippen molar-refractivity contribution < 1.29 is 4.79 Å². The van der Waals surface area contributed by atoms with Crippen molar-refractivity contribution >= 4 is 17.8 Å². The van der Waals surface area contributed by atoms with Crippen molar-refractivity contribution in [3.8, 4) is 0 Å². The largest absolute Gasteiger partial charge is 0.320 e. The van der Waals surface area contributed by atoms with Gasteiger partial charge in [-0.25, -0.2) is 4.79 Å². The number of hydrogen-bond donors (Lipinski definition) is 1. The van der Waals surface area contributed by atoms with E-state index >= 15 is 0 Å². The number of nitrogens with two attached hydrogens (primary N) is 1. The summed E-state index contributed by atoms with van der Waals surface area (Å²) in [6.45, 7) is 0. The summed E-state index contributed by atoms with van der Waals surface area (Å²) < 4.78 is 0. The average Bonchev–Trinajstić information content (AvgIpc) is 2.19. The fraction of sp³-hybridized carbons (Fsp3) is 0.100. The number of fused-ring (bicyclic) bond motifs is 1. The Morgan fingerprint density at radius 1 is 1.38 bits per heavy atom. The third kappa shape index (κ3) is 1.20. The average molecular weight is 172 g/mol. The normalized spacial score (nSPS) is 19.5. The molecule has 0 spiro atoms. The van der Waals surface area contributed by atoms with Crippen LogP contribution in [0.15, 0.2) is 34.8 Å². The van der Waals surface area contributed by atoms with Crippen LogP contribution < -0.4 is 5.73 Å². The first-order valence-electron chi connectivity index (χ1n) is 3.96. The lowest BCUT2D eigenvalue weighted by Gasteiger charge is -2.16. The molecule has 13 heavy (non-hydrogen) atoms. The first-order chi connectivity index (χ1) is 6.33. The van der Waals surface area contributed by atoms with Crippen molar-refractivity contribution in [2.24, 2.45) is 10.7 Å². The maximum absolute atomic E-state index is 10.4. The highest BCUT2D eigenvalue weighted by atomic mass is 16.1. The van der Waals surface area contributed by atoms with Gasteiger partial charge < -0.3 is 5.73 Å². The predicted molar refractivity (Wildman–Crippen MR) is 50.7 cm³/mol. The molecule has 3 heteroatoms. The Hall–Kier alpha value is -1.70. The van der Waals surface area contributed by atoms with Gasteiger partial charge in [-0.15, -0.1) is 0 Å². The number of nitrogens with zero attached hydrogens (tertiary/aromatic N) is 1. The molecule has 0 saturated carbocycles. The zero-order valence-electron chi connectivity index (χ0n) is 6.90. The van der Waals surface area contributed by atoms with E-state index in [9.17, 15) is 4.79 Å². The molecule has 0 amide bonds. The Labute approximate surface area is 75.6 Å². The van der Waals surface area contributed by atoms with E-state index in [4.69, 9.17) is 5.73 Å². The van der Waals surface area contributed by atoms with Crippen molar-refractivity contribution in [1.82, 2.24) is 0 Å². The standard InChI is InChI=1S/C10H8N2O/c11-10-7(6-13)5-12-9-4-2-1-3-8(9)10/h1-5,10H,11H2. The van der Waals surface area contributed by atoms with Crippen LogP contribution in [0, 0.1) is 0 Å². The predicted octanol–water partition coefficient (Wildman–Crippen LogP) is 1.16. The van der Waals surface area contributed by atoms with Gasteiger partial charge in [0, 0.05) is 6.21 Å². The topological polar surface area (TPSA) is 55.5 Å². The second-order valence-electron chi connectivity index (χ2n) is 2.85. The van der Waals surface area contributed by atoms with E-state index in [1.54, 1.807) is 5.94 Å². The molecule has 1 unspecified atom stereocenters. The molecule has 0 radical (unpaired) electrons. The molecule has 1 aliphatic rings. The summed E-state index contributed by atoms with van der Waals surface area (Å²) >= 11 is 0. The maximum atomic E-state index is 10.4. The SMILES string of the molecule is NC1C(=C=O)C=Nc2ccccc21. The number of hydrogen-bond acceptors (Lipinski definition) is 3. The summed E-state index contributed by atoms with van der Waals surface area (Å²) in [5.41, 5.74) is 7.92. The van der Waals surface area contributed by atoms with Gasteiger partial charge in [-0.3, -0.25) is 4.99 Å². The first kappa shape index (κ1) is 7.92. The fourth-order valence-electron chi connectivity index (χ4n) is 1.34. The minimum absolute atomic E-state index is 0.383. The number of aliphatic imine (C=N–C) groups is 1. The quantitative estimate of drug-likeness (QED) is 0.597. The monoisotopic (exact) mass is 172 g/mol. The molecule has 0 fully saturated rings. The van der Waals surface area contributed by atoms with Crippen molar-refractivity contribution in [2.45, 2.75) is 6.04 Å². The highest BCUT2D eigenvalue weighted by Crippen LogP contribution is 2.30. The molecule has 64 valence electrons. The van der Waals surface area contributed by atoms with Crippen LogP contribution in [0.25, 0.3) is 0 Å². The van der Waals surface area contributed by atoms with Crippen molar-refractivity contribution in [3.63, 3.8) is 0 Å². The molecule has 2 rings (SSSR count). The van der Waals surface area contributed by atoms with E-state index in [1.165, 1.54) is 6.21 Å². The first-order valence-corrected chi connectivity index (χ1v) is 3.96. The van der Waals surface area contributed by atoms with Crippen LogP contribution in [-0.2, 0) is 4.79 Å². The molecule has 1 aromatic carbocycles. The molecule has 2 N–H and O–H groups in total. The lowest BCUT2D eigenvalue weighted by molar-refractivity contribution is 0.566. The van der Waals surface area contributed by atoms with Crippen LogP contribution in [-0.4, -0.2) is 12.2 Å². The number of carbonyl (C=O) groups excluding carboxylic acids is 1. The smallest absolute Gasteiger partial charge is 0.131 e. The molecule has 1 atom stereocenters. The van der Waals surface area contributed by atoms with Crippen molar-refractivity contribution in [1.29, 1.82) is 0 Å². The summed E-state index contributed by atoms with van der Waals surface area (Å²) in [5, 5.41) is 0. The summed E-state index contributed by atoms with van der Waals surface area (Å²) in [7, 11) is 0. The zero-order chi connectivity index (χ0) is 9.26. The van der Waals surface area contributed by atoms with Gasteiger partial charge in [-0.05, 0) is 11.6 Å². The van der Waals surface area contributed by atoms with Gasteiger partial charge in [0.05, 0.1) is 17.3 Å². The van der Waals surface area contributed by atoms with E-state index < -0.39 is 0 Å². The third-order valence-corrected chi connectivity index (χ3v) is 2.07. The molecule has 0 saturated heterocycles. The van der Waals surface area contributed by atoms with E-state index in [0.717, 1.165) is 11.3 Å². The molecule has 1 aromatic rings. The highest BCUT2D eigenvalue weighted by Gasteiger charge is 2.18. The molecular weight excluding hydrogens is 164 g/mol. The zero-order valence-corrected chi connectivity index (χ0v) is 6.90. The maximum Gasteiger partial charge on any atom is 0.131 e. The van der Waals surface area contributed by atoms with Crippen molar-refractivity contribution in [3.05, 3.63) is 35.4 Å². The van der Waals surface area contributed by atoms with Gasteiger partial charge in [0.1, 0.15) is 5.94 Å². The Balaban J connectivity index is 2.61. The molecule has 1 heterocycles. The van der Waals surface area contributed by atoms with Gasteiger partial charge in [-0.1, -0.05) is 18.2 Å². The summed E-state index contributed by atoms with van der Waals surface area (Å²) in [6.07, 6.45) is 1.47. The Bertz CT molecular complexity index is 417. The number of para-hydroxylation sites is 1. The molecule has 0 aliphatic carbocycles. The third-order valence-electron chi connectivity index (χ3n) is 2.07. The van der Waals surface area contributed by atoms with Crippen LogP contribution in [0.5, 0.6) is 0 Å². The van der Waals surface area contributed by atoms with Gasteiger partial charge in [0.2, 0.25) is 0 Å². The minimum atomic E-state index is -0.383. The van der Waals surface area contributed by atoms with Crippen molar-refractivity contribution in [2.75, 3.05) is 0 Å². The number of rotatable bonds is 0. The summed E-state index contributed by atoms with van der Waals surface area (Å²) in [5.74, 6) is 1.79. The lowest BCUT2D eigenvalue weighted by atomic mass is 9.97. The van der Waals surface area contributed by atoms with E-state index in [1.807, 2.05) is 24.3 Å². The molecule has 3 nitrogen and oxygen atoms in total. The lowest BCUT2D eigenvalue weighted by Crippen LogP contribution is -2.17. The molecule has 0 aromatic heterocycles. The van der Waals surface area contributed by atoms with E-state index in [2.05, 4.69) is 4.99 Å². The highest BCUT2D eigenvalue weighted by molar-refractivity contribution is 5.94. The van der Waals surface area contributed by atoms with Gasteiger partial charge in [0.25, 0.3) is 0 Å². The molecular formula is C10H8N2O. The Morgan fingerprint density at radius 3 is 2.92 bits per heavy atom. The van der Waals surface area contributed by atoms with Crippen LogP contribution in [0.1, 0.15) is 11.6 Å². The minimum Gasteiger partial charge on any atom is -0.320 e. The molecule has 0 bridgehead atoms. The van der Waals surface area contributed by atoms with Gasteiger partial charge in [-0.2, -0.15) is 0 Å². The van der Waals surface area contributed by atoms with Crippen LogP contribution in [0.4, 0.5) is 5.69 Å². The number of benzene rings is 1. The van der Waals surface area contributed by atoms with E-state index in [-0.39, 0.29) is 6.04 Å². The van der Waals surface area contributed by atoms with Crippen LogP contribution in [0.2, 0.25) is 0 Å². The fourth-order valence-corrected chi connectivity index (χ4v) is 1.34. The van der Waals surface area contributed by atoms with Gasteiger partial charge >= 0.3 is 0 Å². The molecule has 1 aliphatic heterocycles. The van der Waals surface area contributed by atoms with Gasteiger partial charge in [0.15, 0.2) is 0 Å². The van der Waals surface area contributed by atoms with E-state index in [0.29, 0.717) is 5.57 Å².